The van der Waals surface area contributed by atoms with E-state index in [1.807, 2.05) is 0 Å². The van der Waals surface area contributed by atoms with Crippen molar-refractivity contribution in [3.05, 3.63) is 116 Å². The average molecular weight is 475 g/mol. The van der Waals surface area contributed by atoms with Gasteiger partial charge in [-0.25, -0.2) is 14.7 Å². The molecule has 0 saturated carbocycles. The Morgan fingerprint density at radius 2 is 1.63 bits per heavy atom. The molecule has 1 aromatic heterocycles. The minimum atomic E-state index is -0.663. The second-order valence-corrected chi connectivity index (χ2v) is 7.95. The Hall–Kier alpha value is -4.50. The van der Waals surface area contributed by atoms with Crippen LogP contribution >= 0.6 is 0 Å². The molecule has 0 aliphatic heterocycles. The Morgan fingerprint density at radius 3 is 2.31 bits per heavy atom. The van der Waals surface area contributed by atoms with Crippen molar-refractivity contribution >= 4 is 22.9 Å². The molecule has 0 atom stereocenters. The summed E-state index contributed by atoms with van der Waals surface area (Å²) >= 11 is 0. The molecule has 0 radical (unpaired) electrons. The number of hydroxylamine groups is 1. The lowest BCUT2D eigenvalue weighted by Crippen LogP contribution is -2.40. The second-order valence-electron chi connectivity index (χ2n) is 7.95. The third-order valence-electron chi connectivity index (χ3n) is 5.61. The zero-order chi connectivity index (χ0) is 24.9. The summed E-state index contributed by atoms with van der Waals surface area (Å²) in [7, 11) is 0. The van der Waals surface area contributed by atoms with Gasteiger partial charge in [0.1, 0.15) is 11.6 Å². The minimum absolute atomic E-state index is 0.0966. The number of aromatic nitrogens is 2. The van der Waals surface area contributed by atoms with Gasteiger partial charge in [0.25, 0.3) is 11.5 Å². The largest absolute Gasteiger partial charge is 0.508 e. The number of benzene rings is 3. The summed E-state index contributed by atoms with van der Waals surface area (Å²) in [6.07, 6.45) is 3.07. The SMILES string of the molecule is O=C(/C=C/c1ccc(Cn2c(=O)n(CCc3ccc(O)cc3)c(=O)c3ccc(F)cc32)cc1)NO. The summed E-state index contributed by atoms with van der Waals surface area (Å²) in [4.78, 5) is 37.6. The van der Waals surface area contributed by atoms with Crippen molar-refractivity contribution in [1.82, 2.24) is 14.6 Å². The molecule has 1 heterocycles. The van der Waals surface area contributed by atoms with Crippen LogP contribution in [0.4, 0.5) is 4.39 Å². The number of nitrogens with one attached hydrogen (secondary N) is 1. The lowest BCUT2D eigenvalue weighted by Gasteiger charge is -2.15. The summed E-state index contributed by atoms with van der Waals surface area (Å²) < 4.78 is 16.5. The molecule has 0 aliphatic rings. The Balaban J connectivity index is 1.70. The average Bonchev–Trinajstić information content (AvgIpc) is 2.86. The first-order chi connectivity index (χ1) is 16.9. The number of carbonyl (C=O) groups excluding carboxylic acids is 1. The number of halogens is 1. The van der Waals surface area contributed by atoms with Gasteiger partial charge in [-0.3, -0.25) is 23.9 Å². The number of aryl methyl sites for hydroxylation is 1. The van der Waals surface area contributed by atoms with Crippen LogP contribution in [0.3, 0.4) is 0 Å². The summed E-state index contributed by atoms with van der Waals surface area (Å²) in [6.45, 7) is 0.214. The number of rotatable bonds is 7. The highest BCUT2D eigenvalue weighted by Crippen LogP contribution is 2.15. The van der Waals surface area contributed by atoms with E-state index in [1.165, 1.54) is 52.5 Å². The van der Waals surface area contributed by atoms with Crippen LogP contribution in [0.1, 0.15) is 16.7 Å². The topological polar surface area (TPSA) is 114 Å². The molecule has 4 rings (SSSR count). The third-order valence-corrected chi connectivity index (χ3v) is 5.61. The molecule has 0 fully saturated rings. The summed E-state index contributed by atoms with van der Waals surface area (Å²) in [5, 5.41) is 18.3. The van der Waals surface area contributed by atoms with Crippen molar-refractivity contribution < 1.29 is 19.5 Å². The molecule has 0 aliphatic carbocycles. The molecule has 3 aromatic carbocycles. The van der Waals surface area contributed by atoms with Gasteiger partial charge in [-0.05, 0) is 59.5 Å². The first-order valence-corrected chi connectivity index (χ1v) is 10.8. The molecule has 35 heavy (non-hydrogen) atoms. The van der Waals surface area contributed by atoms with Gasteiger partial charge in [0.2, 0.25) is 0 Å². The standard InChI is InChI=1S/C26H22FN3O5/c27-20-8-11-22-23(15-20)30(16-19-3-1-17(2-4-19)7-12-24(32)28-35)26(34)29(25(22)33)14-13-18-5-9-21(31)10-6-18/h1-12,15,31,35H,13-14,16H2,(H,28,32)/b12-7+. The van der Waals surface area contributed by atoms with E-state index in [0.717, 1.165) is 15.7 Å². The number of fused-ring (bicyclic) bond motifs is 1. The van der Waals surface area contributed by atoms with Gasteiger partial charge in [-0.2, -0.15) is 0 Å². The maximum absolute atomic E-state index is 14.1. The zero-order valence-electron chi connectivity index (χ0n) is 18.5. The van der Waals surface area contributed by atoms with E-state index in [4.69, 9.17) is 5.21 Å². The van der Waals surface area contributed by atoms with E-state index < -0.39 is 23.0 Å². The smallest absolute Gasteiger partial charge is 0.331 e. The van der Waals surface area contributed by atoms with Gasteiger partial charge in [0.05, 0.1) is 17.4 Å². The quantitative estimate of drug-likeness (QED) is 0.216. The van der Waals surface area contributed by atoms with Crippen molar-refractivity contribution in [2.45, 2.75) is 19.5 Å². The van der Waals surface area contributed by atoms with Crippen LogP contribution in [0.2, 0.25) is 0 Å². The van der Waals surface area contributed by atoms with E-state index in [-0.39, 0.29) is 29.7 Å². The fourth-order valence-electron chi connectivity index (χ4n) is 3.77. The normalized spacial score (nSPS) is 11.3. The number of nitrogens with zero attached hydrogens (tertiary/aromatic N) is 2. The predicted molar refractivity (Wildman–Crippen MR) is 129 cm³/mol. The van der Waals surface area contributed by atoms with Gasteiger partial charge >= 0.3 is 5.69 Å². The van der Waals surface area contributed by atoms with E-state index in [0.29, 0.717) is 12.0 Å². The molecule has 0 spiro atoms. The van der Waals surface area contributed by atoms with Crippen LogP contribution in [0, 0.1) is 5.82 Å². The Labute approximate surface area is 198 Å². The molecular formula is C26H22FN3O5. The third kappa shape index (κ3) is 5.36. The van der Waals surface area contributed by atoms with E-state index in [2.05, 4.69) is 0 Å². The fraction of sp³-hybridized carbons (Fsp3) is 0.115. The van der Waals surface area contributed by atoms with E-state index in [9.17, 15) is 23.9 Å². The molecule has 1 amide bonds. The molecular weight excluding hydrogens is 453 g/mol. The Kier molecular flexibility index (Phi) is 6.88. The van der Waals surface area contributed by atoms with Gasteiger partial charge in [0, 0.05) is 12.6 Å². The lowest BCUT2D eigenvalue weighted by molar-refractivity contribution is -0.124. The van der Waals surface area contributed by atoms with Crippen LogP contribution in [-0.2, 0) is 24.3 Å². The maximum Gasteiger partial charge on any atom is 0.331 e. The molecule has 0 bridgehead atoms. The van der Waals surface area contributed by atoms with Crippen molar-refractivity contribution in [1.29, 1.82) is 0 Å². The van der Waals surface area contributed by atoms with Crippen LogP contribution < -0.4 is 16.7 Å². The monoisotopic (exact) mass is 475 g/mol. The minimum Gasteiger partial charge on any atom is -0.508 e. The van der Waals surface area contributed by atoms with Crippen LogP contribution in [0.25, 0.3) is 17.0 Å². The summed E-state index contributed by atoms with van der Waals surface area (Å²) in [5.74, 6) is -1.10. The fourth-order valence-corrected chi connectivity index (χ4v) is 3.77. The highest BCUT2D eigenvalue weighted by Gasteiger charge is 2.14. The highest BCUT2D eigenvalue weighted by molar-refractivity contribution is 5.90. The summed E-state index contributed by atoms with van der Waals surface area (Å²) in [5.41, 5.74) is 2.91. The van der Waals surface area contributed by atoms with Gasteiger partial charge in [0.15, 0.2) is 0 Å². The number of hydrogen-bond donors (Lipinski definition) is 3. The molecule has 9 heteroatoms. The number of aromatic hydroxyl groups is 1. The lowest BCUT2D eigenvalue weighted by atomic mass is 10.1. The number of carbonyl (C=O) groups is 1. The van der Waals surface area contributed by atoms with E-state index in [1.54, 1.807) is 36.4 Å². The maximum atomic E-state index is 14.1. The molecule has 4 aromatic rings. The van der Waals surface area contributed by atoms with Crippen LogP contribution in [0.15, 0.2) is 82.4 Å². The molecule has 8 nitrogen and oxygen atoms in total. The molecule has 0 unspecified atom stereocenters. The number of hydrogen-bond acceptors (Lipinski definition) is 5. The van der Waals surface area contributed by atoms with E-state index >= 15 is 0 Å². The molecule has 3 N–H and O–H groups in total. The highest BCUT2D eigenvalue weighted by atomic mass is 19.1. The van der Waals surface area contributed by atoms with Gasteiger partial charge in [-0.1, -0.05) is 36.4 Å². The number of phenolic OH excluding ortho intramolecular Hbond substituents is 1. The molecule has 178 valence electrons. The van der Waals surface area contributed by atoms with Crippen molar-refractivity contribution in [3.63, 3.8) is 0 Å². The molecule has 0 saturated heterocycles. The Bertz CT molecular complexity index is 1520. The Morgan fingerprint density at radius 1 is 0.943 bits per heavy atom. The predicted octanol–water partition coefficient (Wildman–Crippen LogP) is 2.82. The van der Waals surface area contributed by atoms with Crippen molar-refractivity contribution in [2.24, 2.45) is 0 Å². The first-order valence-electron chi connectivity index (χ1n) is 10.8. The van der Waals surface area contributed by atoms with Crippen molar-refractivity contribution in [2.75, 3.05) is 0 Å². The summed E-state index contributed by atoms with van der Waals surface area (Å²) in [6, 6.07) is 17.2. The van der Waals surface area contributed by atoms with Crippen LogP contribution in [0.5, 0.6) is 5.75 Å². The zero-order valence-corrected chi connectivity index (χ0v) is 18.5. The van der Waals surface area contributed by atoms with Crippen molar-refractivity contribution in [3.8, 4) is 5.75 Å². The number of amides is 1. The van der Waals surface area contributed by atoms with Gasteiger partial charge in [-0.15, -0.1) is 0 Å². The van der Waals surface area contributed by atoms with Crippen LogP contribution in [-0.4, -0.2) is 25.4 Å². The van der Waals surface area contributed by atoms with Gasteiger partial charge < -0.3 is 5.11 Å². The second kappa shape index (κ2) is 10.2. The first kappa shape index (κ1) is 23.7. The number of phenols is 1.